The van der Waals surface area contributed by atoms with E-state index in [0.29, 0.717) is 5.75 Å². The van der Waals surface area contributed by atoms with E-state index >= 15 is 0 Å². The van der Waals surface area contributed by atoms with Gasteiger partial charge >= 0.3 is 11.9 Å². The van der Waals surface area contributed by atoms with Crippen LogP contribution in [0.4, 0.5) is 0 Å². The van der Waals surface area contributed by atoms with E-state index in [1.54, 1.807) is 52.1 Å². The van der Waals surface area contributed by atoms with Crippen LogP contribution in [0.15, 0.2) is 24.3 Å². The molecule has 1 atom stereocenters. The van der Waals surface area contributed by atoms with Gasteiger partial charge in [-0.3, -0.25) is 9.59 Å². The zero-order valence-corrected chi connectivity index (χ0v) is 14.0. The molecule has 0 heterocycles. The number of rotatable bonds is 9. The maximum atomic E-state index is 12.0. The average molecular weight is 324 g/mol. The molecular weight excluding hydrogens is 300 g/mol. The van der Waals surface area contributed by atoms with Crippen molar-refractivity contribution in [2.24, 2.45) is 11.8 Å². The zero-order valence-electron chi connectivity index (χ0n) is 14.0. The lowest BCUT2D eigenvalue weighted by molar-refractivity contribution is -0.164. The van der Waals surface area contributed by atoms with E-state index in [9.17, 15) is 9.59 Å². The number of benzene rings is 1. The highest BCUT2D eigenvalue weighted by atomic mass is 16.6. The third-order valence-corrected chi connectivity index (χ3v) is 3.22. The Bertz CT molecular complexity index is 478. The fourth-order valence-corrected chi connectivity index (χ4v) is 2.02. The first-order chi connectivity index (χ1) is 11.0. The number of carbonyl (C=O) groups excluding carboxylic acids is 2. The van der Waals surface area contributed by atoms with Crippen LogP contribution in [-0.4, -0.2) is 38.9 Å². The van der Waals surface area contributed by atoms with Gasteiger partial charge in [-0.05, 0) is 38.1 Å². The second-order valence-electron chi connectivity index (χ2n) is 4.95. The Balaban J connectivity index is 2.69. The number of carbonyl (C=O) groups is 2. The van der Waals surface area contributed by atoms with Crippen molar-refractivity contribution in [1.29, 1.82) is 0 Å². The highest BCUT2D eigenvalue weighted by Crippen LogP contribution is 2.21. The van der Waals surface area contributed by atoms with Crippen LogP contribution in [-0.2, 0) is 19.1 Å². The molecule has 0 radical (unpaired) electrons. The first-order valence-corrected chi connectivity index (χ1v) is 7.63. The standard InChI is InChI=1S/C17H24O6/c1-5-21-16(18)15(17(19)22-6-2)12(3)11-23-14-9-7-13(20-4)8-10-14/h7-10,12,15H,5-6,11H2,1-4H3. The molecule has 1 rings (SSSR count). The minimum atomic E-state index is -0.992. The van der Waals surface area contributed by atoms with E-state index in [4.69, 9.17) is 18.9 Å². The van der Waals surface area contributed by atoms with Crippen LogP contribution in [0.1, 0.15) is 20.8 Å². The van der Waals surface area contributed by atoms with Crippen molar-refractivity contribution in [2.45, 2.75) is 20.8 Å². The SMILES string of the molecule is CCOC(=O)C(C(=O)OCC)C(C)COc1ccc(OC)cc1. The topological polar surface area (TPSA) is 71.1 Å². The molecule has 1 aromatic carbocycles. The minimum absolute atomic E-state index is 0.189. The molecule has 1 unspecified atom stereocenters. The molecule has 0 aliphatic carbocycles. The third-order valence-electron chi connectivity index (χ3n) is 3.22. The van der Waals surface area contributed by atoms with Gasteiger partial charge in [-0.2, -0.15) is 0 Å². The molecule has 0 amide bonds. The molecule has 0 aliphatic rings. The summed E-state index contributed by atoms with van der Waals surface area (Å²) in [7, 11) is 1.58. The van der Waals surface area contributed by atoms with Crippen LogP contribution in [0.3, 0.4) is 0 Å². The van der Waals surface area contributed by atoms with Crippen molar-refractivity contribution < 1.29 is 28.5 Å². The molecule has 0 spiro atoms. The fraction of sp³-hybridized carbons (Fsp3) is 0.529. The van der Waals surface area contributed by atoms with Gasteiger partial charge in [-0.1, -0.05) is 6.92 Å². The highest BCUT2D eigenvalue weighted by Gasteiger charge is 2.35. The second kappa shape index (κ2) is 9.71. The lowest BCUT2D eigenvalue weighted by Crippen LogP contribution is -2.35. The molecule has 0 saturated heterocycles. The molecule has 23 heavy (non-hydrogen) atoms. The molecule has 6 heteroatoms. The van der Waals surface area contributed by atoms with E-state index in [2.05, 4.69) is 0 Å². The summed E-state index contributed by atoms with van der Waals surface area (Å²) in [5.41, 5.74) is 0. The van der Waals surface area contributed by atoms with Crippen LogP contribution in [0, 0.1) is 11.8 Å². The first kappa shape index (κ1) is 18.8. The van der Waals surface area contributed by atoms with Gasteiger partial charge in [0.15, 0.2) is 5.92 Å². The van der Waals surface area contributed by atoms with Gasteiger partial charge in [0.05, 0.1) is 26.9 Å². The van der Waals surface area contributed by atoms with Gasteiger partial charge in [-0.25, -0.2) is 0 Å². The van der Waals surface area contributed by atoms with E-state index < -0.39 is 17.9 Å². The van der Waals surface area contributed by atoms with Crippen LogP contribution in [0.25, 0.3) is 0 Å². The Morgan fingerprint density at radius 1 is 0.957 bits per heavy atom. The molecular formula is C17H24O6. The van der Waals surface area contributed by atoms with Crippen molar-refractivity contribution >= 4 is 11.9 Å². The monoisotopic (exact) mass is 324 g/mol. The summed E-state index contributed by atoms with van der Waals surface area (Å²) >= 11 is 0. The van der Waals surface area contributed by atoms with Crippen LogP contribution in [0.5, 0.6) is 11.5 Å². The molecule has 0 saturated carbocycles. The summed E-state index contributed by atoms with van der Waals surface area (Å²) in [6.45, 7) is 5.75. The summed E-state index contributed by atoms with van der Waals surface area (Å²) in [5.74, 6) is -1.19. The van der Waals surface area contributed by atoms with Crippen molar-refractivity contribution in [3.05, 3.63) is 24.3 Å². The smallest absolute Gasteiger partial charge is 0.320 e. The second-order valence-corrected chi connectivity index (χ2v) is 4.95. The normalized spacial score (nSPS) is 11.7. The highest BCUT2D eigenvalue weighted by molar-refractivity contribution is 5.95. The molecule has 0 aromatic heterocycles. The van der Waals surface area contributed by atoms with Crippen molar-refractivity contribution in [2.75, 3.05) is 26.9 Å². The van der Waals surface area contributed by atoms with Crippen LogP contribution in [0.2, 0.25) is 0 Å². The Hall–Kier alpha value is -2.24. The summed E-state index contributed by atoms with van der Waals surface area (Å²) in [6, 6.07) is 7.06. The molecule has 0 fully saturated rings. The number of hydrogen-bond acceptors (Lipinski definition) is 6. The molecule has 0 aliphatic heterocycles. The predicted molar refractivity (Wildman–Crippen MR) is 84.4 cm³/mol. The van der Waals surface area contributed by atoms with E-state index in [-0.39, 0.29) is 25.7 Å². The number of hydrogen-bond donors (Lipinski definition) is 0. The number of ether oxygens (including phenoxy) is 4. The van der Waals surface area contributed by atoms with Gasteiger partial charge in [0.25, 0.3) is 0 Å². The van der Waals surface area contributed by atoms with Crippen LogP contribution < -0.4 is 9.47 Å². The van der Waals surface area contributed by atoms with Crippen LogP contribution >= 0.6 is 0 Å². The number of esters is 2. The largest absolute Gasteiger partial charge is 0.497 e. The molecule has 0 N–H and O–H groups in total. The molecule has 0 bridgehead atoms. The summed E-state index contributed by atoms with van der Waals surface area (Å²) in [4.78, 5) is 24.0. The van der Waals surface area contributed by atoms with Crippen molar-refractivity contribution in [1.82, 2.24) is 0 Å². The maximum absolute atomic E-state index is 12.0. The number of methoxy groups -OCH3 is 1. The van der Waals surface area contributed by atoms with E-state index in [0.717, 1.165) is 5.75 Å². The van der Waals surface area contributed by atoms with E-state index in [1.165, 1.54) is 0 Å². The zero-order chi connectivity index (χ0) is 17.2. The molecule has 1 aromatic rings. The summed E-state index contributed by atoms with van der Waals surface area (Å²) in [6.07, 6.45) is 0. The first-order valence-electron chi connectivity index (χ1n) is 7.63. The summed E-state index contributed by atoms with van der Waals surface area (Å²) < 4.78 is 20.6. The quantitative estimate of drug-likeness (QED) is 0.513. The van der Waals surface area contributed by atoms with E-state index in [1.807, 2.05) is 0 Å². The Labute approximate surface area is 136 Å². The molecule has 6 nitrogen and oxygen atoms in total. The Morgan fingerprint density at radius 3 is 1.87 bits per heavy atom. The van der Waals surface area contributed by atoms with Gasteiger partial charge in [0, 0.05) is 5.92 Å². The van der Waals surface area contributed by atoms with Crippen molar-refractivity contribution in [3.8, 4) is 11.5 Å². The molecule has 128 valence electrons. The van der Waals surface area contributed by atoms with Gasteiger partial charge in [-0.15, -0.1) is 0 Å². The average Bonchev–Trinajstić information content (AvgIpc) is 2.54. The fourth-order valence-electron chi connectivity index (χ4n) is 2.02. The predicted octanol–water partition coefficient (Wildman–Crippen LogP) is 2.45. The van der Waals surface area contributed by atoms with Crippen molar-refractivity contribution in [3.63, 3.8) is 0 Å². The van der Waals surface area contributed by atoms with Gasteiger partial charge < -0.3 is 18.9 Å². The minimum Gasteiger partial charge on any atom is -0.497 e. The third kappa shape index (κ3) is 5.81. The Morgan fingerprint density at radius 2 is 1.43 bits per heavy atom. The maximum Gasteiger partial charge on any atom is 0.320 e. The van der Waals surface area contributed by atoms with Gasteiger partial charge in [0.2, 0.25) is 0 Å². The summed E-state index contributed by atoms with van der Waals surface area (Å²) in [5, 5.41) is 0. The Kier molecular flexibility index (Phi) is 7.94. The lowest BCUT2D eigenvalue weighted by atomic mass is 9.95. The van der Waals surface area contributed by atoms with Gasteiger partial charge in [0.1, 0.15) is 11.5 Å². The lowest BCUT2D eigenvalue weighted by Gasteiger charge is -2.21.